The van der Waals surface area contributed by atoms with Crippen LogP contribution in [0.25, 0.3) is 0 Å². The zero-order valence-electron chi connectivity index (χ0n) is 7.52. The van der Waals surface area contributed by atoms with Gasteiger partial charge < -0.3 is 10.5 Å². The number of likely N-dealkylation sites (N-methyl/N-ethyl adjacent to an activating group) is 1. The normalized spacial score (nSPS) is 12.5. The lowest BCUT2D eigenvalue weighted by molar-refractivity contribution is -0.0211. The van der Waals surface area contributed by atoms with Crippen LogP contribution in [-0.2, 0) is 4.74 Å². The van der Waals surface area contributed by atoms with E-state index >= 15 is 0 Å². The number of ether oxygens (including phenoxy) is 1. The highest BCUT2D eigenvalue weighted by Gasteiger charge is 2.28. The van der Waals surface area contributed by atoms with E-state index in [1.54, 1.807) is 7.05 Å². The van der Waals surface area contributed by atoms with E-state index in [0.717, 1.165) is 0 Å². The van der Waals surface area contributed by atoms with Crippen LogP contribution in [0, 0.1) is 0 Å². The maximum atomic E-state index is 12.6. The van der Waals surface area contributed by atoms with Crippen molar-refractivity contribution in [2.75, 3.05) is 40.4 Å². The number of methoxy groups -OCH3 is 1. The zero-order chi connectivity index (χ0) is 9.61. The molecule has 12 heavy (non-hydrogen) atoms. The maximum absolute atomic E-state index is 12.6. The van der Waals surface area contributed by atoms with E-state index in [1.165, 1.54) is 12.0 Å². The fourth-order valence-corrected chi connectivity index (χ4v) is 0.786. The average Bonchev–Trinajstić information content (AvgIpc) is 2.00. The molecule has 0 aliphatic rings. The van der Waals surface area contributed by atoms with Crippen LogP contribution in [0.4, 0.5) is 8.78 Å². The number of hydrogen-bond acceptors (Lipinski definition) is 3. The van der Waals surface area contributed by atoms with E-state index < -0.39 is 12.5 Å². The Morgan fingerprint density at radius 3 is 2.50 bits per heavy atom. The SMILES string of the molecule is COCCN(C)CC(F)(F)CN. The molecule has 0 aromatic carbocycles. The minimum Gasteiger partial charge on any atom is -0.383 e. The molecule has 3 nitrogen and oxygen atoms in total. The van der Waals surface area contributed by atoms with Crippen molar-refractivity contribution in [3.63, 3.8) is 0 Å². The van der Waals surface area contributed by atoms with Crippen LogP contribution in [0.2, 0.25) is 0 Å². The molecule has 0 radical (unpaired) electrons. The van der Waals surface area contributed by atoms with Crippen molar-refractivity contribution < 1.29 is 13.5 Å². The Bertz CT molecular complexity index is 122. The first kappa shape index (κ1) is 11.7. The van der Waals surface area contributed by atoms with E-state index in [0.29, 0.717) is 13.2 Å². The summed E-state index contributed by atoms with van der Waals surface area (Å²) in [4.78, 5) is 1.50. The van der Waals surface area contributed by atoms with Gasteiger partial charge in [0.05, 0.1) is 19.7 Å². The van der Waals surface area contributed by atoms with E-state index in [1.807, 2.05) is 0 Å². The molecule has 0 aromatic heterocycles. The van der Waals surface area contributed by atoms with Crippen LogP contribution in [-0.4, -0.2) is 51.2 Å². The molecule has 74 valence electrons. The van der Waals surface area contributed by atoms with Crippen LogP contribution >= 0.6 is 0 Å². The van der Waals surface area contributed by atoms with Gasteiger partial charge in [0.2, 0.25) is 0 Å². The number of rotatable bonds is 6. The third kappa shape index (κ3) is 5.40. The van der Waals surface area contributed by atoms with Gasteiger partial charge in [0.15, 0.2) is 0 Å². The Morgan fingerprint density at radius 1 is 1.50 bits per heavy atom. The van der Waals surface area contributed by atoms with E-state index in [4.69, 9.17) is 10.5 Å². The molecule has 0 aliphatic heterocycles. The highest BCUT2D eigenvalue weighted by Crippen LogP contribution is 2.11. The smallest absolute Gasteiger partial charge is 0.272 e. The Morgan fingerprint density at radius 2 is 2.08 bits per heavy atom. The van der Waals surface area contributed by atoms with Gasteiger partial charge >= 0.3 is 0 Å². The summed E-state index contributed by atoms with van der Waals surface area (Å²) in [6.45, 7) is 0.0282. The van der Waals surface area contributed by atoms with Crippen molar-refractivity contribution in [3.8, 4) is 0 Å². The summed E-state index contributed by atoms with van der Waals surface area (Å²) in [5.74, 6) is -2.79. The topological polar surface area (TPSA) is 38.5 Å². The molecular weight excluding hydrogens is 166 g/mol. The predicted octanol–water partition coefficient (Wildman–Crippen LogP) is 0.159. The van der Waals surface area contributed by atoms with E-state index in [9.17, 15) is 8.78 Å². The van der Waals surface area contributed by atoms with Gasteiger partial charge in [0.1, 0.15) is 0 Å². The van der Waals surface area contributed by atoms with Crippen molar-refractivity contribution in [2.24, 2.45) is 5.73 Å². The average molecular weight is 182 g/mol. The number of alkyl halides is 2. The molecule has 0 heterocycles. The summed E-state index contributed by atoms with van der Waals surface area (Å²) >= 11 is 0. The minimum atomic E-state index is -2.79. The fourth-order valence-electron chi connectivity index (χ4n) is 0.786. The summed E-state index contributed by atoms with van der Waals surface area (Å²) in [6.07, 6.45) is 0. The van der Waals surface area contributed by atoms with Crippen LogP contribution in [0.3, 0.4) is 0 Å². The van der Waals surface area contributed by atoms with Crippen molar-refractivity contribution in [3.05, 3.63) is 0 Å². The first-order chi connectivity index (χ1) is 5.52. The summed E-state index contributed by atoms with van der Waals surface area (Å²) in [5.41, 5.74) is 4.88. The molecule has 0 bridgehead atoms. The molecule has 2 N–H and O–H groups in total. The second-order valence-corrected chi connectivity index (χ2v) is 2.79. The monoisotopic (exact) mass is 182 g/mol. The Balaban J connectivity index is 3.60. The third-order valence-electron chi connectivity index (χ3n) is 1.48. The van der Waals surface area contributed by atoms with Gasteiger partial charge in [-0.3, -0.25) is 4.90 Å². The van der Waals surface area contributed by atoms with Gasteiger partial charge in [0, 0.05) is 13.7 Å². The Kier molecular flexibility index (Phi) is 5.28. The second-order valence-electron chi connectivity index (χ2n) is 2.79. The standard InChI is InChI=1S/C7H16F2N2O/c1-11(3-4-12-2)6-7(8,9)5-10/h3-6,10H2,1-2H3. The molecule has 0 aromatic rings. The maximum Gasteiger partial charge on any atom is 0.272 e. The van der Waals surface area contributed by atoms with E-state index in [-0.39, 0.29) is 6.54 Å². The van der Waals surface area contributed by atoms with Gasteiger partial charge in [-0.15, -0.1) is 0 Å². The van der Waals surface area contributed by atoms with Crippen LogP contribution < -0.4 is 5.73 Å². The lowest BCUT2D eigenvalue weighted by Crippen LogP contribution is -2.41. The first-order valence-corrected chi connectivity index (χ1v) is 3.77. The summed E-state index contributed by atoms with van der Waals surface area (Å²) in [6, 6.07) is 0. The molecule has 0 rings (SSSR count). The van der Waals surface area contributed by atoms with Crippen molar-refractivity contribution in [1.82, 2.24) is 4.90 Å². The van der Waals surface area contributed by atoms with Crippen LogP contribution in [0.15, 0.2) is 0 Å². The van der Waals surface area contributed by atoms with E-state index in [2.05, 4.69) is 0 Å². The predicted molar refractivity (Wildman–Crippen MR) is 43.4 cm³/mol. The molecule has 0 amide bonds. The fraction of sp³-hybridized carbons (Fsp3) is 1.00. The van der Waals surface area contributed by atoms with Crippen molar-refractivity contribution in [1.29, 1.82) is 0 Å². The molecule has 0 aliphatic carbocycles. The number of hydrogen-bond donors (Lipinski definition) is 1. The van der Waals surface area contributed by atoms with Crippen molar-refractivity contribution in [2.45, 2.75) is 5.92 Å². The molecule has 0 atom stereocenters. The highest BCUT2D eigenvalue weighted by atomic mass is 19.3. The summed E-state index contributed by atoms with van der Waals surface area (Å²) in [5, 5.41) is 0. The number of nitrogens with two attached hydrogens (primary N) is 1. The number of nitrogens with zero attached hydrogens (tertiary/aromatic N) is 1. The summed E-state index contributed by atoms with van der Waals surface area (Å²) in [7, 11) is 3.15. The molecular formula is C7H16F2N2O. The lowest BCUT2D eigenvalue weighted by atomic mass is 10.3. The Labute approximate surface area is 71.5 Å². The summed E-state index contributed by atoms with van der Waals surface area (Å²) < 4.78 is 30.0. The number of halogens is 2. The Hall–Kier alpha value is -0.260. The molecule has 0 saturated carbocycles. The molecule has 0 spiro atoms. The van der Waals surface area contributed by atoms with Gasteiger partial charge in [0.25, 0.3) is 5.92 Å². The quantitative estimate of drug-likeness (QED) is 0.636. The third-order valence-corrected chi connectivity index (χ3v) is 1.48. The zero-order valence-corrected chi connectivity index (χ0v) is 7.52. The van der Waals surface area contributed by atoms with Crippen LogP contribution in [0.5, 0.6) is 0 Å². The van der Waals surface area contributed by atoms with Crippen LogP contribution in [0.1, 0.15) is 0 Å². The molecule has 0 unspecified atom stereocenters. The largest absolute Gasteiger partial charge is 0.383 e. The van der Waals surface area contributed by atoms with Crippen molar-refractivity contribution >= 4 is 0 Å². The molecule has 0 fully saturated rings. The lowest BCUT2D eigenvalue weighted by Gasteiger charge is -2.21. The highest BCUT2D eigenvalue weighted by molar-refractivity contribution is 4.70. The van der Waals surface area contributed by atoms with Gasteiger partial charge in [-0.25, -0.2) is 8.78 Å². The van der Waals surface area contributed by atoms with Gasteiger partial charge in [-0.1, -0.05) is 0 Å². The first-order valence-electron chi connectivity index (χ1n) is 3.77. The second kappa shape index (κ2) is 5.40. The molecule has 0 saturated heterocycles. The minimum absolute atomic E-state index is 0.313. The van der Waals surface area contributed by atoms with Gasteiger partial charge in [-0.05, 0) is 7.05 Å². The molecule has 5 heteroatoms. The van der Waals surface area contributed by atoms with Gasteiger partial charge in [-0.2, -0.15) is 0 Å².